The van der Waals surface area contributed by atoms with Crippen LogP contribution in [-0.2, 0) is 4.79 Å². The molecule has 2 fully saturated rings. The van der Waals surface area contributed by atoms with Gasteiger partial charge in [0, 0.05) is 18.6 Å². The Kier molecular flexibility index (Phi) is 5.85. The normalized spacial score (nSPS) is 32.4. The van der Waals surface area contributed by atoms with Crippen LogP contribution in [0.5, 0.6) is 0 Å². The van der Waals surface area contributed by atoms with Gasteiger partial charge in [0.1, 0.15) is 0 Å². The molecule has 20 heavy (non-hydrogen) atoms. The summed E-state index contributed by atoms with van der Waals surface area (Å²) in [6.45, 7) is 7.90. The number of nitrogens with zero attached hydrogens (tertiary/aromatic N) is 2. The van der Waals surface area contributed by atoms with Crippen LogP contribution in [0, 0.1) is 5.92 Å². The van der Waals surface area contributed by atoms with Gasteiger partial charge in [-0.1, -0.05) is 0 Å². The Bertz CT molecular complexity index is 309. The van der Waals surface area contributed by atoms with Gasteiger partial charge >= 0.3 is 0 Å². The molecule has 0 aromatic carbocycles. The molecule has 0 saturated carbocycles. The van der Waals surface area contributed by atoms with Crippen molar-refractivity contribution >= 4 is 5.91 Å². The van der Waals surface area contributed by atoms with Crippen LogP contribution >= 0.6 is 0 Å². The zero-order valence-corrected chi connectivity index (χ0v) is 13.2. The molecule has 4 heteroatoms. The third-order valence-corrected chi connectivity index (χ3v) is 5.02. The van der Waals surface area contributed by atoms with Crippen molar-refractivity contribution in [2.75, 3.05) is 26.2 Å². The minimum Gasteiger partial charge on any atom is -0.336 e. The summed E-state index contributed by atoms with van der Waals surface area (Å²) in [4.78, 5) is 17.1. The largest absolute Gasteiger partial charge is 0.336 e. The molecule has 1 amide bonds. The lowest BCUT2D eigenvalue weighted by atomic mass is 9.94. The first-order valence-corrected chi connectivity index (χ1v) is 8.35. The zero-order chi connectivity index (χ0) is 14.5. The molecule has 0 aliphatic carbocycles. The Morgan fingerprint density at radius 2 is 1.85 bits per heavy atom. The van der Waals surface area contributed by atoms with Crippen LogP contribution in [0.3, 0.4) is 0 Å². The second kappa shape index (κ2) is 7.41. The van der Waals surface area contributed by atoms with E-state index in [9.17, 15) is 4.79 Å². The number of carbonyl (C=O) groups is 1. The minimum atomic E-state index is 0.332. The van der Waals surface area contributed by atoms with Crippen LogP contribution < -0.4 is 5.73 Å². The molecule has 2 aliphatic rings. The van der Waals surface area contributed by atoms with Gasteiger partial charge in [0.05, 0.1) is 6.54 Å². The molecule has 2 saturated heterocycles. The maximum absolute atomic E-state index is 12.6. The van der Waals surface area contributed by atoms with Gasteiger partial charge in [-0.3, -0.25) is 9.69 Å². The SMILES string of the molecule is CC1CCCC(C)N1C(=O)CN1CCCC(CCN)C1. The standard InChI is InChI=1S/C16H31N3O/c1-13-5-3-6-14(2)19(13)16(20)12-18-10-4-7-15(11-18)8-9-17/h13-15H,3-12,17H2,1-2H3. The number of rotatable bonds is 4. The van der Waals surface area contributed by atoms with Gasteiger partial charge in [-0.2, -0.15) is 0 Å². The Balaban J connectivity index is 1.86. The van der Waals surface area contributed by atoms with Gasteiger partial charge < -0.3 is 10.6 Å². The van der Waals surface area contributed by atoms with Crippen LogP contribution in [0.15, 0.2) is 0 Å². The Hall–Kier alpha value is -0.610. The van der Waals surface area contributed by atoms with Crippen molar-refractivity contribution in [2.45, 2.75) is 64.5 Å². The maximum atomic E-state index is 12.6. The highest BCUT2D eigenvalue weighted by Gasteiger charge is 2.30. The van der Waals surface area contributed by atoms with E-state index in [0.717, 1.165) is 38.9 Å². The van der Waals surface area contributed by atoms with Crippen molar-refractivity contribution in [1.29, 1.82) is 0 Å². The highest BCUT2D eigenvalue weighted by Crippen LogP contribution is 2.24. The molecule has 3 atom stereocenters. The van der Waals surface area contributed by atoms with Crippen molar-refractivity contribution in [2.24, 2.45) is 11.7 Å². The van der Waals surface area contributed by atoms with Crippen LogP contribution in [0.4, 0.5) is 0 Å². The zero-order valence-electron chi connectivity index (χ0n) is 13.2. The van der Waals surface area contributed by atoms with Gasteiger partial charge in [0.25, 0.3) is 0 Å². The first-order chi connectivity index (χ1) is 9.61. The summed E-state index contributed by atoms with van der Waals surface area (Å²) in [6, 6.07) is 0.826. The van der Waals surface area contributed by atoms with Gasteiger partial charge in [-0.25, -0.2) is 0 Å². The fraction of sp³-hybridized carbons (Fsp3) is 0.938. The topological polar surface area (TPSA) is 49.6 Å². The Labute approximate surface area is 123 Å². The quantitative estimate of drug-likeness (QED) is 0.855. The van der Waals surface area contributed by atoms with Crippen LogP contribution in [0.2, 0.25) is 0 Å². The average molecular weight is 281 g/mol. The first-order valence-electron chi connectivity index (χ1n) is 8.35. The minimum absolute atomic E-state index is 0.332. The molecule has 2 aliphatic heterocycles. The van der Waals surface area contributed by atoms with E-state index in [1.54, 1.807) is 0 Å². The van der Waals surface area contributed by atoms with Gasteiger partial charge in [0.15, 0.2) is 0 Å². The van der Waals surface area contributed by atoms with Crippen LogP contribution in [-0.4, -0.2) is 54.0 Å². The third kappa shape index (κ3) is 3.95. The van der Waals surface area contributed by atoms with E-state index < -0.39 is 0 Å². The van der Waals surface area contributed by atoms with Crippen molar-refractivity contribution in [3.05, 3.63) is 0 Å². The number of piperidine rings is 2. The van der Waals surface area contributed by atoms with Crippen LogP contribution in [0.1, 0.15) is 52.4 Å². The summed E-state index contributed by atoms with van der Waals surface area (Å²) in [5.74, 6) is 1.02. The molecule has 4 nitrogen and oxygen atoms in total. The van der Waals surface area contributed by atoms with Gasteiger partial charge in [-0.15, -0.1) is 0 Å². The van der Waals surface area contributed by atoms with E-state index in [1.807, 2.05) is 0 Å². The van der Waals surface area contributed by atoms with Crippen molar-refractivity contribution in [3.63, 3.8) is 0 Å². The molecule has 0 radical (unpaired) electrons. The highest BCUT2D eigenvalue weighted by atomic mass is 16.2. The molecule has 2 N–H and O–H groups in total. The Morgan fingerprint density at radius 1 is 1.15 bits per heavy atom. The first kappa shape index (κ1) is 15.8. The van der Waals surface area contributed by atoms with E-state index in [0.29, 0.717) is 30.5 Å². The number of carbonyl (C=O) groups excluding carboxylic acids is 1. The number of likely N-dealkylation sites (tertiary alicyclic amines) is 2. The van der Waals surface area contributed by atoms with E-state index in [2.05, 4.69) is 23.6 Å². The van der Waals surface area contributed by atoms with E-state index >= 15 is 0 Å². The fourth-order valence-electron chi connectivity index (χ4n) is 3.95. The maximum Gasteiger partial charge on any atom is 0.237 e. The molecule has 3 unspecified atom stereocenters. The van der Waals surface area contributed by atoms with Crippen molar-refractivity contribution in [1.82, 2.24) is 9.80 Å². The summed E-state index contributed by atoms with van der Waals surface area (Å²) in [6.07, 6.45) is 7.16. The van der Waals surface area contributed by atoms with E-state index in [1.165, 1.54) is 19.3 Å². The van der Waals surface area contributed by atoms with Crippen LogP contribution in [0.25, 0.3) is 0 Å². The molecule has 0 aromatic heterocycles. The van der Waals surface area contributed by atoms with Gasteiger partial charge in [0.2, 0.25) is 5.91 Å². The summed E-state index contributed by atoms with van der Waals surface area (Å²) >= 11 is 0. The van der Waals surface area contributed by atoms with E-state index in [-0.39, 0.29) is 0 Å². The van der Waals surface area contributed by atoms with E-state index in [4.69, 9.17) is 5.73 Å². The lowest BCUT2D eigenvalue weighted by Gasteiger charge is -2.41. The van der Waals surface area contributed by atoms with Crippen molar-refractivity contribution < 1.29 is 4.79 Å². The molecule has 0 aromatic rings. The summed E-state index contributed by atoms with van der Waals surface area (Å²) in [7, 11) is 0. The molecule has 0 bridgehead atoms. The molecule has 2 heterocycles. The van der Waals surface area contributed by atoms with Gasteiger partial charge in [-0.05, 0) is 71.4 Å². The summed E-state index contributed by atoms with van der Waals surface area (Å²) < 4.78 is 0. The molecule has 116 valence electrons. The number of hydrogen-bond donors (Lipinski definition) is 1. The molecule has 0 spiro atoms. The third-order valence-electron chi connectivity index (χ3n) is 5.02. The number of hydrogen-bond acceptors (Lipinski definition) is 3. The number of nitrogens with two attached hydrogens (primary N) is 1. The molecular weight excluding hydrogens is 250 g/mol. The Morgan fingerprint density at radius 3 is 2.50 bits per heavy atom. The predicted molar refractivity (Wildman–Crippen MR) is 82.5 cm³/mol. The number of amides is 1. The molecular formula is C16H31N3O. The lowest BCUT2D eigenvalue weighted by molar-refractivity contribution is -0.139. The fourth-order valence-corrected chi connectivity index (χ4v) is 3.95. The van der Waals surface area contributed by atoms with Crippen molar-refractivity contribution in [3.8, 4) is 0 Å². The molecule has 2 rings (SSSR count). The average Bonchev–Trinajstić information content (AvgIpc) is 2.39. The predicted octanol–water partition coefficient (Wildman–Crippen LogP) is 1.84. The monoisotopic (exact) mass is 281 g/mol. The second-order valence-corrected chi connectivity index (χ2v) is 6.75. The summed E-state index contributed by atoms with van der Waals surface area (Å²) in [5.41, 5.74) is 5.67. The lowest BCUT2D eigenvalue weighted by Crippen LogP contribution is -2.52. The second-order valence-electron chi connectivity index (χ2n) is 6.75. The smallest absolute Gasteiger partial charge is 0.237 e. The highest BCUT2D eigenvalue weighted by molar-refractivity contribution is 5.79. The summed E-state index contributed by atoms with van der Waals surface area (Å²) in [5, 5.41) is 0.